The maximum atomic E-state index is 4.67. The summed E-state index contributed by atoms with van der Waals surface area (Å²) in [7, 11) is 1.61. The first-order valence-electron chi connectivity index (χ1n) is 4.07. The second-order valence-corrected chi connectivity index (χ2v) is 2.68. The maximum Gasteiger partial charge on any atom is 0.0636 e. The fraction of sp³-hybridized carbons (Fsp3) is 0.556. The van der Waals surface area contributed by atoms with Gasteiger partial charge in [0.15, 0.2) is 0 Å². The van der Waals surface area contributed by atoms with Crippen molar-refractivity contribution in [3.8, 4) is 0 Å². The fourth-order valence-corrected chi connectivity index (χ4v) is 1.22. The van der Waals surface area contributed by atoms with E-state index < -0.39 is 0 Å². The standard InChI is InChI=1S/C9H15NO/c1-11-10-8-7-9-5-3-2-4-6-9/h5,7-8,10H,2-4,6H2,1H3. The van der Waals surface area contributed by atoms with Crippen LogP contribution in [0.2, 0.25) is 0 Å². The monoisotopic (exact) mass is 153 g/mol. The number of hydrogen-bond donors (Lipinski definition) is 1. The summed E-state index contributed by atoms with van der Waals surface area (Å²) < 4.78 is 0. The third-order valence-corrected chi connectivity index (χ3v) is 1.81. The van der Waals surface area contributed by atoms with Gasteiger partial charge >= 0.3 is 0 Å². The van der Waals surface area contributed by atoms with Gasteiger partial charge in [-0.05, 0) is 31.8 Å². The van der Waals surface area contributed by atoms with Gasteiger partial charge in [0.05, 0.1) is 7.11 Å². The Morgan fingerprint density at radius 1 is 1.55 bits per heavy atom. The van der Waals surface area contributed by atoms with Gasteiger partial charge in [0.25, 0.3) is 0 Å². The fourth-order valence-electron chi connectivity index (χ4n) is 1.22. The van der Waals surface area contributed by atoms with E-state index in [4.69, 9.17) is 0 Å². The van der Waals surface area contributed by atoms with Crippen LogP contribution in [0.4, 0.5) is 0 Å². The van der Waals surface area contributed by atoms with Gasteiger partial charge in [-0.3, -0.25) is 10.3 Å². The van der Waals surface area contributed by atoms with Crippen LogP contribution in [-0.4, -0.2) is 7.11 Å². The lowest BCUT2D eigenvalue weighted by Gasteiger charge is -2.07. The van der Waals surface area contributed by atoms with Crippen LogP contribution in [0.5, 0.6) is 0 Å². The second kappa shape index (κ2) is 4.97. The van der Waals surface area contributed by atoms with Crippen molar-refractivity contribution in [3.63, 3.8) is 0 Å². The SMILES string of the molecule is CONC=CC1=CCCCC1. The predicted molar refractivity (Wildman–Crippen MR) is 45.8 cm³/mol. The number of allylic oxidation sites excluding steroid dienone is 3. The molecule has 0 aromatic rings. The van der Waals surface area contributed by atoms with E-state index in [0.29, 0.717) is 0 Å². The van der Waals surface area contributed by atoms with Gasteiger partial charge in [0.1, 0.15) is 0 Å². The molecule has 0 atom stereocenters. The van der Waals surface area contributed by atoms with Crippen molar-refractivity contribution in [1.29, 1.82) is 0 Å². The van der Waals surface area contributed by atoms with Gasteiger partial charge in [-0.2, -0.15) is 0 Å². The molecule has 2 nitrogen and oxygen atoms in total. The highest BCUT2D eigenvalue weighted by molar-refractivity contribution is 5.19. The summed E-state index contributed by atoms with van der Waals surface area (Å²) in [4.78, 5) is 4.67. The molecule has 2 heteroatoms. The minimum atomic E-state index is 1.21. The first-order valence-corrected chi connectivity index (χ1v) is 4.07. The molecule has 0 amide bonds. The van der Waals surface area contributed by atoms with Crippen LogP contribution in [0, 0.1) is 0 Å². The van der Waals surface area contributed by atoms with Crippen LogP contribution in [0.25, 0.3) is 0 Å². The average molecular weight is 153 g/mol. The molecule has 1 aliphatic rings. The summed E-state index contributed by atoms with van der Waals surface area (Å²) in [6.07, 6.45) is 11.3. The van der Waals surface area contributed by atoms with E-state index in [-0.39, 0.29) is 0 Å². The normalized spacial score (nSPS) is 18.5. The molecule has 1 N–H and O–H groups in total. The van der Waals surface area contributed by atoms with Crippen LogP contribution in [0.1, 0.15) is 25.7 Å². The van der Waals surface area contributed by atoms with E-state index in [1.54, 1.807) is 7.11 Å². The molecule has 0 saturated carbocycles. The van der Waals surface area contributed by atoms with E-state index in [1.165, 1.54) is 31.3 Å². The molecule has 0 radical (unpaired) electrons. The lowest BCUT2D eigenvalue weighted by Crippen LogP contribution is -2.01. The highest BCUT2D eigenvalue weighted by Gasteiger charge is 1.98. The largest absolute Gasteiger partial charge is 0.280 e. The Morgan fingerprint density at radius 2 is 2.45 bits per heavy atom. The zero-order valence-corrected chi connectivity index (χ0v) is 6.97. The number of hydrogen-bond acceptors (Lipinski definition) is 2. The molecule has 1 aliphatic carbocycles. The van der Waals surface area contributed by atoms with Crippen LogP contribution < -0.4 is 5.48 Å². The topological polar surface area (TPSA) is 21.3 Å². The van der Waals surface area contributed by atoms with Gasteiger partial charge in [-0.25, -0.2) is 0 Å². The van der Waals surface area contributed by atoms with Gasteiger partial charge in [0.2, 0.25) is 0 Å². The summed E-state index contributed by atoms with van der Waals surface area (Å²) in [6, 6.07) is 0. The molecule has 0 fully saturated rings. The van der Waals surface area contributed by atoms with Crippen molar-refractivity contribution in [2.24, 2.45) is 0 Å². The molecule has 0 aromatic carbocycles. The molecule has 0 aliphatic heterocycles. The van der Waals surface area contributed by atoms with E-state index in [2.05, 4.69) is 22.5 Å². The number of hydroxylamine groups is 1. The first-order chi connectivity index (χ1) is 5.43. The average Bonchev–Trinajstić information content (AvgIpc) is 2.07. The third-order valence-electron chi connectivity index (χ3n) is 1.81. The van der Waals surface area contributed by atoms with Crippen LogP contribution in [0.15, 0.2) is 23.9 Å². The van der Waals surface area contributed by atoms with Gasteiger partial charge in [-0.15, -0.1) is 0 Å². The summed E-state index contributed by atoms with van der Waals surface area (Å²) in [6.45, 7) is 0. The molecule has 11 heavy (non-hydrogen) atoms. The minimum absolute atomic E-state index is 1.21. The quantitative estimate of drug-likeness (QED) is 0.627. The summed E-state index contributed by atoms with van der Waals surface area (Å²) >= 11 is 0. The second-order valence-electron chi connectivity index (χ2n) is 2.68. The lowest BCUT2D eigenvalue weighted by atomic mass is 10.00. The van der Waals surface area contributed by atoms with Crippen molar-refractivity contribution in [2.75, 3.05) is 7.11 Å². The minimum Gasteiger partial charge on any atom is -0.280 e. The molecule has 62 valence electrons. The molecular weight excluding hydrogens is 138 g/mol. The Hall–Kier alpha value is -0.760. The summed E-state index contributed by atoms with van der Waals surface area (Å²) in [5.41, 5.74) is 4.09. The summed E-state index contributed by atoms with van der Waals surface area (Å²) in [5, 5.41) is 0. The van der Waals surface area contributed by atoms with E-state index in [1.807, 2.05) is 6.20 Å². The predicted octanol–water partition coefficient (Wildman–Crippen LogP) is 2.15. The van der Waals surface area contributed by atoms with E-state index >= 15 is 0 Å². The van der Waals surface area contributed by atoms with E-state index in [9.17, 15) is 0 Å². The highest BCUT2D eigenvalue weighted by Crippen LogP contribution is 2.17. The smallest absolute Gasteiger partial charge is 0.0636 e. The molecule has 0 unspecified atom stereocenters. The van der Waals surface area contributed by atoms with Crippen molar-refractivity contribution < 1.29 is 4.84 Å². The Morgan fingerprint density at radius 3 is 3.09 bits per heavy atom. The van der Waals surface area contributed by atoms with Crippen molar-refractivity contribution in [3.05, 3.63) is 23.9 Å². The zero-order valence-electron chi connectivity index (χ0n) is 6.97. The highest BCUT2D eigenvalue weighted by atomic mass is 16.6. The Labute approximate surface area is 67.9 Å². The number of rotatable bonds is 3. The maximum absolute atomic E-state index is 4.67. The van der Waals surface area contributed by atoms with Crippen molar-refractivity contribution >= 4 is 0 Å². The Bertz CT molecular complexity index is 161. The van der Waals surface area contributed by atoms with Gasteiger partial charge in [0, 0.05) is 6.20 Å². The number of nitrogens with one attached hydrogen (secondary N) is 1. The van der Waals surface area contributed by atoms with Gasteiger partial charge < -0.3 is 0 Å². The van der Waals surface area contributed by atoms with Gasteiger partial charge in [-0.1, -0.05) is 11.6 Å². The lowest BCUT2D eigenvalue weighted by molar-refractivity contribution is 0.128. The zero-order chi connectivity index (χ0) is 7.94. The first kappa shape index (κ1) is 8.34. The molecule has 0 bridgehead atoms. The van der Waals surface area contributed by atoms with E-state index in [0.717, 1.165) is 0 Å². The van der Waals surface area contributed by atoms with Crippen LogP contribution in [0.3, 0.4) is 0 Å². The van der Waals surface area contributed by atoms with Crippen molar-refractivity contribution in [2.45, 2.75) is 25.7 Å². The molecule has 0 spiro atoms. The van der Waals surface area contributed by atoms with Crippen molar-refractivity contribution in [1.82, 2.24) is 5.48 Å². The molecule has 0 heterocycles. The summed E-state index contributed by atoms with van der Waals surface area (Å²) in [5.74, 6) is 0. The Balaban J connectivity index is 2.29. The Kier molecular flexibility index (Phi) is 3.76. The molecule has 0 saturated heterocycles. The molecule has 1 rings (SSSR count). The molecule has 0 aromatic heterocycles. The third kappa shape index (κ3) is 3.23. The molecular formula is C9H15NO. The van der Waals surface area contributed by atoms with Crippen LogP contribution >= 0.6 is 0 Å². The van der Waals surface area contributed by atoms with Crippen LogP contribution in [-0.2, 0) is 4.84 Å².